The zero-order chi connectivity index (χ0) is 13.4. The van der Waals surface area contributed by atoms with Crippen LogP contribution >= 0.6 is 0 Å². The SMILES string of the molecule is [Br-].c1ccc(-c2cn[n+]3cnc4ccccc4c3n2)cc1. The molecule has 0 radical (unpaired) electrons. The number of para-hydroxylation sites is 1. The molecular formula is C16H11BrN4. The molecule has 0 aliphatic carbocycles. The summed E-state index contributed by atoms with van der Waals surface area (Å²) in [5, 5.41) is 5.40. The van der Waals surface area contributed by atoms with Gasteiger partial charge in [-0.2, -0.15) is 0 Å². The summed E-state index contributed by atoms with van der Waals surface area (Å²) >= 11 is 0. The number of halogens is 1. The monoisotopic (exact) mass is 338 g/mol. The first-order valence-electron chi connectivity index (χ1n) is 6.40. The normalized spacial score (nSPS) is 10.5. The van der Waals surface area contributed by atoms with E-state index in [2.05, 4.69) is 10.1 Å². The maximum absolute atomic E-state index is 4.73. The van der Waals surface area contributed by atoms with Gasteiger partial charge in [0.15, 0.2) is 11.2 Å². The maximum atomic E-state index is 4.73. The van der Waals surface area contributed by atoms with E-state index in [0.717, 1.165) is 27.8 Å². The number of aromatic nitrogens is 4. The quantitative estimate of drug-likeness (QED) is 0.345. The van der Waals surface area contributed by atoms with Crippen molar-refractivity contribution in [1.82, 2.24) is 15.1 Å². The van der Waals surface area contributed by atoms with Crippen LogP contribution in [0.3, 0.4) is 0 Å². The fourth-order valence-corrected chi connectivity index (χ4v) is 2.27. The van der Waals surface area contributed by atoms with Crippen LogP contribution in [0.25, 0.3) is 27.8 Å². The molecule has 2 aromatic carbocycles. The molecule has 0 unspecified atom stereocenters. The Morgan fingerprint density at radius 3 is 2.48 bits per heavy atom. The molecule has 2 aromatic heterocycles. The van der Waals surface area contributed by atoms with Crippen LogP contribution < -0.4 is 21.5 Å². The molecule has 4 rings (SSSR count). The minimum Gasteiger partial charge on any atom is -1.00 e. The van der Waals surface area contributed by atoms with Gasteiger partial charge in [0.2, 0.25) is 0 Å². The Bertz CT molecular complexity index is 909. The lowest BCUT2D eigenvalue weighted by Crippen LogP contribution is -3.00. The molecule has 0 saturated heterocycles. The third-order valence-corrected chi connectivity index (χ3v) is 3.27. The summed E-state index contributed by atoms with van der Waals surface area (Å²) < 4.78 is 1.70. The average molecular weight is 339 g/mol. The predicted octanol–water partition coefficient (Wildman–Crippen LogP) is -0.565. The fraction of sp³-hybridized carbons (Fsp3) is 0. The van der Waals surface area contributed by atoms with Gasteiger partial charge in [0.25, 0.3) is 12.0 Å². The number of fused-ring (bicyclic) bond motifs is 3. The van der Waals surface area contributed by atoms with Crippen LogP contribution in [0.2, 0.25) is 0 Å². The Hall–Kier alpha value is -2.40. The van der Waals surface area contributed by atoms with Crippen molar-refractivity contribution in [2.45, 2.75) is 0 Å². The van der Waals surface area contributed by atoms with Crippen molar-refractivity contribution < 1.29 is 21.5 Å². The Labute approximate surface area is 131 Å². The third kappa shape index (κ3) is 2.36. The number of rotatable bonds is 1. The lowest BCUT2D eigenvalue weighted by Gasteiger charge is -1.99. The number of hydrogen-bond acceptors (Lipinski definition) is 3. The molecule has 4 nitrogen and oxygen atoms in total. The van der Waals surface area contributed by atoms with Crippen LogP contribution in [0.5, 0.6) is 0 Å². The molecule has 0 aliphatic heterocycles. The standard InChI is InChI=1S/C16H11N4.BrH/c1-2-6-12(7-3-1)15-10-18-20-11-17-14-9-5-4-8-13(14)16(20)19-15;/h1-11H;1H/q+1;/p-1. The van der Waals surface area contributed by atoms with E-state index in [4.69, 9.17) is 4.98 Å². The van der Waals surface area contributed by atoms with Crippen molar-refractivity contribution in [1.29, 1.82) is 0 Å². The van der Waals surface area contributed by atoms with Gasteiger partial charge in [-0.25, -0.2) is 0 Å². The lowest BCUT2D eigenvalue weighted by molar-refractivity contribution is -0.585. The number of benzene rings is 2. The van der Waals surface area contributed by atoms with Crippen LogP contribution in [0, 0.1) is 0 Å². The molecule has 102 valence electrons. The molecule has 0 amide bonds. The van der Waals surface area contributed by atoms with Crippen molar-refractivity contribution in [3.05, 3.63) is 67.1 Å². The number of hydrogen-bond donors (Lipinski definition) is 0. The summed E-state index contributed by atoms with van der Waals surface area (Å²) in [4.78, 5) is 9.11. The van der Waals surface area contributed by atoms with Crippen LogP contribution in [0.1, 0.15) is 0 Å². The van der Waals surface area contributed by atoms with Gasteiger partial charge >= 0.3 is 0 Å². The summed E-state index contributed by atoms with van der Waals surface area (Å²) in [6, 6.07) is 18.0. The third-order valence-electron chi connectivity index (χ3n) is 3.27. The second kappa shape index (κ2) is 5.54. The maximum Gasteiger partial charge on any atom is 0.297 e. The highest BCUT2D eigenvalue weighted by molar-refractivity contribution is 5.89. The van der Waals surface area contributed by atoms with E-state index in [1.807, 2.05) is 54.6 Å². The molecule has 21 heavy (non-hydrogen) atoms. The van der Waals surface area contributed by atoms with Crippen molar-refractivity contribution >= 4 is 16.6 Å². The fourth-order valence-electron chi connectivity index (χ4n) is 2.27. The minimum atomic E-state index is 0. The molecule has 0 bridgehead atoms. The zero-order valence-electron chi connectivity index (χ0n) is 11.0. The summed E-state index contributed by atoms with van der Waals surface area (Å²) in [6.45, 7) is 0. The molecule has 2 heterocycles. The molecule has 0 saturated carbocycles. The van der Waals surface area contributed by atoms with Crippen LogP contribution in [-0.2, 0) is 0 Å². The highest BCUT2D eigenvalue weighted by atomic mass is 79.9. The molecular weight excluding hydrogens is 328 g/mol. The Balaban J connectivity index is 0.00000132. The van der Waals surface area contributed by atoms with Crippen LogP contribution in [-0.4, -0.2) is 15.1 Å². The van der Waals surface area contributed by atoms with Gasteiger partial charge in [-0.05, 0) is 12.1 Å². The first-order valence-corrected chi connectivity index (χ1v) is 6.40. The molecule has 0 aliphatic rings. The van der Waals surface area contributed by atoms with E-state index in [0.29, 0.717) is 0 Å². The first kappa shape index (κ1) is 13.6. The summed E-state index contributed by atoms with van der Waals surface area (Å²) in [6.07, 6.45) is 3.46. The summed E-state index contributed by atoms with van der Waals surface area (Å²) in [5.74, 6) is 0. The average Bonchev–Trinajstić information content (AvgIpc) is 2.55. The highest BCUT2D eigenvalue weighted by Crippen LogP contribution is 2.17. The van der Waals surface area contributed by atoms with E-state index >= 15 is 0 Å². The Morgan fingerprint density at radius 1 is 0.857 bits per heavy atom. The van der Waals surface area contributed by atoms with E-state index in [1.54, 1.807) is 17.0 Å². The topological polar surface area (TPSA) is 42.8 Å². The Morgan fingerprint density at radius 2 is 1.62 bits per heavy atom. The van der Waals surface area contributed by atoms with Crippen LogP contribution in [0.15, 0.2) is 67.1 Å². The summed E-state index contributed by atoms with van der Waals surface area (Å²) in [5.41, 5.74) is 3.66. The highest BCUT2D eigenvalue weighted by Gasteiger charge is 2.13. The zero-order valence-corrected chi connectivity index (χ0v) is 12.6. The van der Waals surface area contributed by atoms with Crippen molar-refractivity contribution in [3.63, 3.8) is 0 Å². The second-order valence-corrected chi connectivity index (χ2v) is 4.54. The van der Waals surface area contributed by atoms with Gasteiger partial charge in [0.05, 0.1) is 5.39 Å². The van der Waals surface area contributed by atoms with Gasteiger partial charge in [0.1, 0.15) is 6.20 Å². The summed E-state index contributed by atoms with van der Waals surface area (Å²) in [7, 11) is 0. The number of nitrogens with zero attached hydrogens (tertiary/aromatic N) is 4. The van der Waals surface area contributed by atoms with Gasteiger partial charge in [-0.15, -0.1) is 14.6 Å². The molecule has 0 atom stereocenters. The molecule has 0 N–H and O–H groups in total. The van der Waals surface area contributed by atoms with Gasteiger partial charge < -0.3 is 17.0 Å². The van der Waals surface area contributed by atoms with Crippen LogP contribution in [0.4, 0.5) is 0 Å². The van der Waals surface area contributed by atoms with Crippen molar-refractivity contribution in [2.75, 3.05) is 0 Å². The van der Waals surface area contributed by atoms with Gasteiger partial charge in [-0.3, -0.25) is 0 Å². The smallest absolute Gasteiger partial charge is 0.297 e. The minimum absolute atomic E-state index is 0. The predicted molar refractivity (Wildman–Crippen MR) is 75.9 cm³/mol. The van der Waals surface area contributed by atoms with E-state index < -0.39 is 0 Å². The van der Waals surface area contributed by atoms with E-state index in [-0.39, 0.29) is 17.0 Å². The molecule has 4 aromatic rings. The van der Waals surface area contributed by atoms with E-state index in [1.165, 1.54) is 0 Å². The molecule has 5 heteroatoms. The van der Waals surface area contributed by atoms with Crippen molar-refractivity contribution in [2.24, 2.45) is 0 Å². The molecule has 0 spiro atoms. The largest absolute Gasteiger partial charge is 1.00 e. The van der Waals surface area contributed by atoms with Crippen molar-refractivity contribution in [3.8, 4) is 11.3 Å². The van der Waals surface area contributed by atoms with Gasteiger partial charge in [0, 0.05) is 5.56 Å². The molecule has 0 fully saturated rings. The van der Waals surface area contributed by atoms with E-state index in [9.17, 15) is 0 Å². The Kier molecular flexibility index (Phi) is 3.58. The first-order chi connectivity index (χ1) is 9.92. The second-order valence-electron chi connectivity index (χ2n) is 4.54. The van der Waals surface area contributed by atoms with Gasteiger partial charge in [-0.1, -0.05) is 47.4 Å². The lowest BCUT2D eigenvalue weighted by atomic mass is 10.2.